The Balaban J connectivity index is 2.33. The summed E-state index contributed by atoms with van der Waals surface area (Å²) in [6, 6.07) is 7.64. The smallest absolute Gasteiger partial charge is 0.264 e. The summed E-state index contributed by atoms with van der Waals surface area (Å²) in [6.07, 6.45) is 0. The Hall–Kier alpha value is -0.950. The topological polar surface area (TPSA) is 72.2 Å². The van der Waals surface area contributed by atoms with Crippen molar-refractivity contribution < 1.29 is 8.42 Å². The van der Waals surface area contributed by atoms with Crippen molar-refractivity contribution in [3.8, 4) is 0 Å². The molecular formula is C10H8Cl2N2O2S2. The van der Waals surface area contributed by atoms with Gasteiger partial charge < -0.3 is 5.73 Å². The molecule has 1 heterocycles. The van der Waals surface area contributed by atoms with E-state index in [9.17, 15) is 8.42 Å². The van der Waals surface area contributed by atoms with E-state index < -0.39 is 10.0 Å². The molecule has 0 aliphatic rings. The van der Waals surface area contributed by atoms with Gasteiger partial charge in [-0.1, -0.05) is 23.2 Å². The Morgan fingerprint density at radius 1 is 1.17 bits per heavy atom. The van der Waals surface area contributed by atoms with E-state index in [1.54, 1.807) is 24.3 Å². The van der Waals surface area contributed by atoms with Gasteiger partial charge in [-0.2, -0.15) is 0 Å². The number of nitrogen functional groups attached to an aromatic ring is 1. The molecule has 0 bridgehead atoms. The molecule has 18 heavy (non-hydrogen) atoms. The van der Waals surface area contributed by atoms with E-state index in [0.29, 0.717) is 15.7 Å². The lowest BCUT2D eigenvalue weighted by molar-refractivity contribution is 0.601. The maximum atomic E-state index is 12.0. The zero-order chi connectivity index (χ0) is 13.3. The van der Waals surface area contributed by atoms with E-state index in [-0.39, 0.29) is 9.23 Å². The Morgan fingerprint density at radius 3 is 2.28 bits per heavy atom. The molecule has 0 aliphatic carbocycles. The van der Waals surface area contributed by atoms with Crippen LogP contribution in [0.3, 0.4) is 0 Å². The number of hydrogen-bond donors (Lipinski definition) is 2. The van der Waals surface area contributed by atoms with Gasteiger partial charge in [0.25, 0.3) is 10.0 Å². The molecule has 96 valence electrons. The predicted octanol–water partition coefficient (Wildman–Crippen LogP) is 3.44. The van der Waals surface area contributed by atoms with Crippen molar-refractivity contribution in [2.75, 3.05) is 10.5 Å². The summed E-state index contributed by atoms with van der Waals surface area (Å²) in [5, 5.41) is 0. The summed E-state index contributed by atoms with van der Waals surface area (Å²) in [6.45, 7) is 0. The molecule has 8 heteroatoms. The van der Waals surface area contributed by atoms with Crippen LogP contribution < -0.4 is 10.5 Å². The first kappa shape index (κ1) is 13.5. The lowest BCUT2D eigenvalue weighted by atomic mass is 10.3. The van der Waals surface area contributed by atoms with Crippen LogP contribution in [0.15, 0.2) is 35.2 Å². The number of rotatable bonds is 3. The number of nitrogens with one attached hydrogen (secondary N) is 1. The van der Waals surface area contributed by atoms with Gasteiger partial charge in [-0.25, -0.2) is 8.42 Å². The van der Waals surface area contributed by atoms with E-state index in [2.05, 4.69) is 4.72 Å². The van der Waals surface area contributed by atoms with Gasteiger partial charge in [0.1, 0.15) is 9.23 Å². The highest BCUT2D eigenvalue weighted by Gasteiger charge is 2.20. The van der Waals surface area contributed by atoms with Crippen molar-refractivity contribution in [2.45, 2.75) is 4.90 Å². The van der Waals surface area contributed by atoms with Gasteiger partial charge in [-0.15, -0.1) is 11.3 Å². The second-order valence-corrected chi connectivity index (χ2v) is 7.35. The highest BCUT2D eigenvalue weighted by Crippen LogP contribution is 2.35. The number of nitrogens with two attached hydrogens (primary N) is 1. The lowest BCUT2D eigenvalue weighted by Crippen LogP contribution is -2.12. The van der Waals surface area contributed by atoms with Crippen LogP contribution in [-0.4, -0.2) is 8.42 Å². The molecule has 0 spiro atoms. The maximum absolute atomic E-state index is 12.0. The van der Waals surface area contributed by atoms with Crippen molar-refractivity contribution >= 4 is 55.9 Å². The quantitative estimate of drug-likeness (QED) is 0.850. The average molecular weight is 323 g/mol. The van der Waals surface area contributed by atoms with Crippen LogP contribution in [0.25, 0.3) is 0 Å². The highest BCUT2D eigenvalue weighted by molar-refractivity contribution is 7.93. The first-order valence-corrected chi connectivity index (χ1v) is 7.77. The molecule has 0 amide bonds. The Kier molecular flexibility index (Phi) is 3.72. The fraction of sp³-hybridized carbons (Fsp3) is 0. The van der Waals surface area contributed by atoms with Crippen molar-refractivity contribution in [3.63, 3.8) is 0 Å². The predicted molar refractivity (Wildman–Crippen MR) is 76.0 cm³/mol. The summed E-state index contributed by atoms with van der Waals surface area (Å²) < 4.78 is 26.9. The minimum atomic E-state index is -3.73. The van der Waals surface area contributed by atoms with Gasteiger partial charge in [0, 0.05) is 11.4 Å². The summed E-state index contributed by atoms with van der Waals surface area (Å²) in [5.41, 5.74) is 6.47. The third kappa shape index (κ3) is 2.89. The number of halogens is 2. The molecule has 0 radical (unpaired) electrons. The van der Waals surface area contributed by atoms with E-state index in [0.717, 1.165) is 11.3 Å². The average Bonchev–Trinajstić information content (AvgIpc) is 2.62. The normalized spacial score (nSPS) is 11.4. The van der Waals surface area contributed by atoms with E-state index >= 15 is 0 Å². The third-order valence-corrected chi connectivity index (χ3v) is 5.21. The SMILES string of the molecule is Nc1ccc(NS(=O)(=O)c2cc(Cl)sc2Cl)cc1. The molecule has 1 aromatic carbocycles. The minimum Gasteiger partial charge on any atom is -0.399 e. The van der Waals surface area contributed by atoms with Crippen LogP contribution in [0, 0.1) is 0 Å². The molecular weight excluding hydrogens is 315 g/mol. The van der Waals surface area contributed by atoms with Gasteiger partial charge in [-0.05, 0) is 30.3 Å². The summed E-state index contributed by atoms with van der Waals surface area (Å²) in [4.78, 5) is -0.0315. The summed E-state index contributed by atoms with van der Waals surface area (Å²) in [5.74, 6) is 0. The molecule has 2 aromatic rings. The van der Waals surface area contributed by atoms with Crippen molar-refractivity contribution in [3.05, 3.63) is 39.0 Å². The second-order valence-electron chi connectivity index (χ2n) is 3.42. The number of anilines is 2. The molecule has 2 rings (SSSR count). The number of sulfonamides is 1. The molecule has 4 nitrogen and oxygen atoms in total. The van der Waals surface area contributed by atoms with Crippen LogP contribution in [0.5, 0.6) is 0 Å². The van der Waals surface area contributed by atoms with Crippen molar-refractivity contribution in [2.24, 2.45) is 0 Å². The van der Waals surface area contributed by atoms with E-state index in [4.69, 9.17) is 28.9 Å². The van der Waals surface area contributed by atoms with E-state index in [1.165, 1.54) is 6.07 Å². The molecule has 0 unspecified atom stereocenters. The largest absolute Gasteiger partial charge is 0.399 e. The number of hydrogen-bond acceptors (Lipinski definition) is 4. The first-order valence-electron chi connectivity index (χ1n) is 4.72. The number of benzene rings is 1. The monoisotopic (exact) mass is 322 g/mol. The van der Waals surface area contributed by atoms with Gasteiger partial charge >= 0.3 is 0 Å². The lowest BCUT2D eigenvalue weighted by Gasteiger charge is -2.07. The maximum Gasteiger partial charge on any atom is 0.264 e. The summed E-state index contributed by atoms with van der Waals surface area (Å²) >= 11 is 12.5. The fourth-order valence-corrected chi connectivity index (χ4v) is 4.48. The molecule has 0 saturated carbocycles. The molecule has 0 atom stereocenters. The van der Waals surface area contributed by atoms with Gasteiger partial charge in [0.05, 0.1) is 4.34 Å². The Bertz CT molecular complexity index is 666. The standard InChI is InChI=1S/C10H8Cl2N2O2S2/c11-9-5-8(10(12)17-9)18(15,16)14-7-3-1-6(13)2-4-7/h1-5,14H,13H2. The Labute approximate surface area is 118 Å². The Morgan fingerprint density at radius 2 is 1.78 bits per heavy atom. The third-order valence-electron chi connectivity index (χ3n) is 2.08. The van der Waals surface area contributed by atoms with Gasteiger partial charge in [-0.3, -0.25) is 4.72 Å². The van der Waals surface area contributed by atoms with Gasteiger partial charge in [0.15, 0.2) is 0 Å². The first-order chi connectivity index (χ1) is 8.38. The van der Waals surface area contributed by atoms with Crippen LogP contribution >= 0.6 is 34.5 Å². The van der Waals surface area contributed by atoms with Crippen LogP contribution in [0.4, 0.5) is 11.4 Å². The molecule has 0 saturated heterocycles. The van der Waals surface area contributed by atoms with Gasteiger partial charge in [0.2, 0.25) is 0 Å². The summed E-state index contributed by atoms with van der Waals surface area (Å²) in [7, 11) is -3.73. The van der Waals surface area contributed by atoms with Crippen LogP contribution in [0.1, 0.15) is 0 Å². The van der Waals surface area contributed by atoms with E-state index in [1.807, 2.05) is 0 Å². The minimum absolute atomic E-state index is 0.0315. The zero-order valence-electron chi connectivity index (χ0n) is 8.85. The number of thiophene rings is 1. The van der Waals surface area contributed by atoms with Crippen LogP contribution in [0.2, 0.25) is 8.67 Å². The molecule has 0 fully saturated rings. The molecule has 1 aromatic heterocycles. The highest BCUT2D eigenvalue weighted by atomic mass is 35.5. The molecule has 3 N–H and O–H groups in total. The zero-order valence-corrected chi connectivity index (χ0v) is 12.0. The second kappa shape index (κ2) is 4.97. The fourth-order valence-electron chi connectivity index (χ4n) is 1.27. The van der Waals surface area contributed by atoms with Crippen molar-refractivity contribution in [1.29, 1.82) is 0 Å². The van der Waals surface area contributed by atoms with Crippen LogP contribution in [-0.2, 0) is 10.0 Å². The van der Waals surface area contributed by atoms with Crippen molar-refractivity contribution in [1.82, 2.24) is 0 Å². The molecule has 0 aliphatic heterocycles.